The van der Waals surface area contributed by atoms with Crippen molar-refractivity contribution >= 4 is 11.9 Å². The maximum atomic E-state index is 2.58. The Kier molecular flexibility index (Phi) is 3.74. The minimum absolute atomic E-state index is 0.727. The summed E-state index contributed by atoms with van der Waals surface area (Å²) in [7, 11) is 0. The van der Waals surface area contributed by atoms with Crippen LogP contribution in [-0.4, -0.2) is 47.2 Å². The molecule has 1 aliphatic heterocycles. The molecule has 0 amide bonds. The van der Waals surface area contributed by atoms with E-state index < -0.39 is 0 Å². The lowest BCUT2D eigenvalue weighted by Crippen LogP contribution is -2.46. The summed E-state index contributed by atoms with van der Waals surface area (Å²) in [6.45, 7) is 9.63. The van der Waals surface area contributed by atoms with Crippen LogP contribution < -0.4 is 0 Å². The van der Waals surface area contributed by atoms with Crippen molar-refractivity contribution < 1.29 is 0 Å². The average molecular weight is 214 g/mol. The van der Waals surface area contributed by atoms with Gasteiger partial charge in [0.25, 0.3) is 0 Å². The van der Waals surface area contributed by atoms with Gasteiger partial charge in [-0.25, -0.2) is 4.31 Å². The molecular formula is C11H22N2S. The van der Waals surface area contributed by atoms with E-state index in [1.165, 1.54) is 44.8 Å². The standard InChI is InChI=1S/C11H22N2S/c1-10(2)12-5-7-13(8-6-12)14-9-11-3-4-11/h10-11H,3-9H2,1-2H3. The highest BCUT2D eigenvalue weighted by Crippen LogP contribution is 2.33. The predicted molar refractivity (Wildman–Crippen MR) is 63.5 cm³/mol. The molecular weight excluding hydrogens is 192 g/mol. The largest absolute Gasteiger partial charge is 0.298 e. The molecule has 2 rings (SSSR count). The first-order chi connectivity index (χ1) is 6.75. The van der Waals surface area contributed by atoms with E-state index in [0.29, 0.717) is 0 Å². The Balaban J connectivity index is 1.62. The molecule has 0 aromatic rings. The van der Waals surface area contributed by atoms with Gasteiger partial charge < -0.3 is 0 Å². The summed E-state index contributed by atoms with van der Waals surface area (Å²) in [4.78, 5) is 2.58. The fourth-order valence-electron chi connectivity index (χ4n) is 1.84. The second-order valence-electron chi connectivity index (χ2n) is 4.80. The Morgan fingerprint density at radius 3 is 2.29 bits per heavy atom. The van der Waals surface area contributed by atoms with Gasteiger partial charge in [-0.1, -0.05) is 11.9 Å². The first-order valence-electron chi connectivity index (χ1n) is 5.87. The molecule has 82 valence electrons. The zero-order valence-electron chi connectivity index (χ0n) is 9.41. The van der Waals surface area contributed by atoms with Crippen LogP contribution in [0.3, 0.4) is 0 Å². The van der Waals surface area contributed by atoms with E-state index in [-0.39, 0.29) is 0 Å². The van der Waals surface area contributed by atoms with Crippen molar-refractivity contribution in [1.29, 1.82) is 0 Å². The fourth-order valence-corrected chi connectivity index (χ4v) is 3.02. The lowest BCUT2D eigenvalue weighted by molar-refractivity contribution is 0.160. The smallest absolute Gasteiger partial charge is 0.0218 e. The van der Waals surface area contributed by atoms with E-state index in [9.17, 15) is 0 Å². The van der Waals surface area contributed by atoms with Crippen LogP contribution in [0.2, 0.25) is 0 Å². The quantitative estimate of drug-likeness (QED) is 0.662. The SMILES string of the molecule is CC(C)N1CCN(SCC2CC2)CC1. The predicted octanol–water partition coefficient (Wildman–Crippen LogP) is 2.07. The third-order valence-electron chi connectivity index (χ3n) is 3.19. The van der Waals surface area contributed by atoms with E-state index >= 15 is 0 Å². The maximum absolute atomic E-state index is 2.58. The van der Waals surface area contributed by atoms with Crippen LogP contribution in [0.1, 0.15) is 26.7 Å². The number of rotatable bonds is 4. The summed E-state index contributed by atoms with van der Waals surface area (Å²) in [5, 5.41) is 0. The van der Waals surface area contributed by atoms with Gasteiger partial charge in [-0.05, 0) is 32.6 Å². The molecule has 0 aromatic carbocycles. The van der Waals surface area contributed by atoms with Gasteiger partial charge in [0.15, 0.2) is 0 Å². The van der Waals surface area contributed by atoms with E-state index in [0.717, 1.165) is 12.0 Å². The number of hydrogen-bond acceptors (Lipinski definition) is 3. The van der Waals surface area contributed by atoms with Gasteiger partial charge in [0.1, 0.15) is 0 Å². The van der Waals surface area contributed by atoms with E-state index in [4.69, 9.17) is 0 Å². The van der Waals surface area contributed by atoms with Gasteiger partial charge in [0.2, 0.25) is 0 Å². The second kappa shape index (κ2) is 4.86. The molecule has 0 N–H and O–H groups in total. The Morgan fingerprint density at radius 2 is 1.79 bits per heavy atom. The minimum atomic E-state index is 0.727. The van der Waals surface area contributed by atoms with E-state index in [1.54, 1.807) is 0 Å². The molecule has 0 atom stereocenters. The maximum Gasteiger partial charge on any atom is 0.0218 e. The summed E-state index contributed by atoms with van der Waals surface area (Å²) in [5.41, 5.74) is 0. The Bertz CT molecular complexity index is 172. The first kappa shape index (κ1) is 10.8. The Labute approximate surface area is 92.2 Å². The monoisotopic (exact) mass is 214 g/mol. The van der Waals surface area contributed by atoms with Crippen LogP contribution in [0.15, 0.2) is 0 Å². The molecule has 0 aromatic heterocycles. The topological polar surface area (TPSA) is 6.48 Å². The Hall–Kier alpha value is 0.270. The van der Waals surface area contributed by atoms with Crippen molar-refractivity contribution in [3.05, 3.63) is 0 Å². The molecule has 0 radical (unpaired) electrons. The highest BCUT2D eigenvalue weighted by atomic mass is 32.2. The third kappa shape index (κ3) is 3.14. The van der Waals surface area contributed by atoms with Crippen molar-refractivity contribution in [2.45, 2.75) is 32.7 Å². The first-order valence-corrected chi connectivity index (χ1v) is 6.82. The van der Waals surface area contributed by atoms with Gasteiger partial charge in [0.05, 0.1) is 0 Å². The van der Waals surface area contributed by atoms with Crippen LogP contribution in [0.4, 0.5) is 0 Å². The zero-order chi connectivity index (χ0) is 9.97. The molecule has 1 saturated carbocycles. The second-order valence-corrected chi connectivity index (χ2v) is 5.91. The number of nitrogens with zero attached hydrogens (tertiary/aromatic N) is 2. The van der Waals surface area contributed by atoms with Crippen LogP contribution in [0, 0.1) is 5.92 Å². The van der Waals surface area contributed by atoms with Crippen molar-refractivity contribution in [3.63, 3.8) is 0 Å². The highest BCUT2D eigenvalue weighted by Gasteiger charge is 2.24. The van der Waals surface area contributed by atoms with Gasteiger partial charge in [-0.2, -0.15) is 0 Å². The molecule has 2 nitrogen and oxygen atoms in total. The minimum Gasteiger partial charge on any atom is -0.298 e. The van der Waals surface area contributed by atoms with Gasteiger partial charge in [0, 0.05) is 38.0 Å². The Morgan fingerprint density at radius 1 is 1.14 bits per heavy atom. The van der Waals surface area contributed by atoms with Crippen LogP contribution in [-0.2, 0) is 0 Å². The molecule has 0 spiro atoms. The molecule has 2 aliphatic rings. The van der Waals surface area contributed by atoms with Crippen molar-refractivity contribution in [3.8, 4) is 0 Å². The third-order valence-corrected chi connectivity index (χ3v) is 4.54. The molecule has 3 heteroatoms. The fraction of sp³-hybridized carbons (Fsp3) is 1.00. The normalized spacial score (nSPS) is 25.9. The molecule has 0 unspecified atom stereocenters. The van der Waals surface area contributed by atoms with Crippen LogP contribution >= 0.6 is 11.9 Å². The van der Waals surface area contributed by atoms with E-state index in [2.05, 4.69) is 35.0 Å². The lowest BCUT2D eigenvalue weighted by atomic mass is 10.3. The summed E-state index contributed by atoms with van der Waals surface area (Å²) in [6.07, 6.45) is 2.97. The summed E-state index contributed by atoms with van der Waals surface area (Å²) < 4.78 is 2.57. The molecule has 1 heterocycles. The molecule has 0 bridgehead atoms. The van der Waals surface area contributed by atoms with Crippen LogP contribution in [0.25, 0.3) is 0 Å². The summed E-state index contributed by atoms with van der Waals surface area (Å²) in [6, 6.07) is 0.727. The van der Waals surface area contributed by atoms with Gasteiger partial charge in [-0.15, -0.1) is 0 Å². The van der Waals surface area contributed by atoms with Crippen molar-refractivity contribution in [2.24, 2.45) is 5.92 Å². The van der Waals surface area contributed by atoms with Crippen molar-refractivity contribution in [1.82, 2.24) is 9.21 Å². The molecule has 2 fully saturated rings. The summed E-state index contributed by atoms with van der Waals surface area (Å²) >= 11 is 2.09. The summed E-state index contributed by atoms with van der Waals surface area (Å²) in [5.74, 6) is 2.44. The molecule has 1 aliphatic carbocycles. The number of piperazine rings is 1. The van der Waals surface area contributed by atoms with E-state index in [1.807, 2.05) is 0 Å². The van der Waals surface area contributed by atoms with Crippen LogP contribution in [0.5, 0.6) is 0 Å². The molecule has 14 heavy (non-hydrogen) atoms. The molecule has 1 saturated heterocycles. The number of hydrogen-bond donors (Lipinski definition) is 0. The highest BCUT2D eigenvalue weighted by molar-refractivity contribution is 7.97. The lowest BCUT2D eigenvalue weighted by Gasteiger charge is -2.36. The van der Waals surface area contributed by atoms with Gasteiger partial charge >= 0.3 is 0 Å². The zero-order valence-corrected chi connectivity index (χ0v) is 10.2. The average Bonchev–Trinajstić information content (AvgIpc) is 2.99. The van der Waals surface area contributed by atoms with Gasteiger partial charge in [-0.3, -0.25) is 4.90 Å². The van der Waals surface area contributed by atoms with Crippen molar-refractivity contribution in [2.75, 3.05) is 31.9 Å².